The van der Waals surface area contributed by atoms with E-state index in [4.69, 9.17) is 17.3 Å². The van der Waals surface area contributed by atoms with Gasteiger partial charge in [-0.15, -0.1) is 0 Å². The first kappa shape index (κ1) is 13.0. The van der Waals surface area contributed by atoms with E-state index < -0.39 is 0 Å². The van der Waals surface area contributed by atoms with Crippen LogP contribution in [0, 0.1) is 0 Å². The van der Waals surface area contributed by atoms with E-state index in [2.05, 4.69) is 9.97 Å². The monoisotopic (exact) mass is 261 g/mol. The van der Waals surface area contributed by atoms with Gasteiger partial charge in [0.2, 0.25) is 0 Å². The van der Waals surface area contributed by atoms with Crippen molar-refractivity contribution >= 4 is 11.6 Å². The summed E-state index contributed by atoms with van der Waals surface area (Å²) in [6.07, 6.45) is 3.18. The van der Waals surface area contributed by atoms with Crippen molar-refractivity contribution in [3.63, 3.8) is 0 Å². The highest BCUT2D eigenvalue weighted by Gasteiger charge is 2.05. The Morgan fingerprint density at radius 2 is 2.06 bits per heavy atom. The maximum absolute atomic E-state index is 6.13. The molecule has 4 heteroatoms. The molecule has 1 aromatic heterocycles. The summed E-state index contributed by atoms with van der Waals surface area (Å²) in [5.74, 6) is 0.787. The molecule has 2 rings (SSSR count). The molecule has 0 saturated heterocycles. The van der Waals surface area contributed by atoms with Gasteiger partial charge in [0.15, 0.2) is 0 Å². The normalized spacial score (nSPS) is 12.4. The van der Waals surface area contributed by atoms with E-state index in [9.17, 15) is 0 Å². The number of benzene rings is 1. The van der Waals surface area contributed by atoms with Gasteiger partial charge in [-0.3, -0.25) is 0 Å². The van der Waals surface area contributed by atoms with Gasteiger partial charge in [-0.05, 0) is 24.6 Å². The minimum Gasteiger partial charge on any atom is -0.328 e. The molecule has 18 heavy (non-hydrogen) atoms. The molecule has 0 aliphatic heterocycles. The molecule has 0 amide bonds. The van der Waals surface area contributed by atoms with Crippen molar-refractivity contribution in [1.29, 1.82) is 0 Å². The molecule has 0 aliphatic carbocycles. The summed E-state index contributed by atoms with van der Waals surface area (Å²) in [5.41, 5.74) is 7.79. The standard InChI is InChI=1S/C14H16ClN3/c1-10(16)8-14-17-7-6-12(18-14)9-11-4-2-3-5-13(11)15/h2-7,10H,8-9,16H2,1H3. The molecule has 0 aliphatic rings. The Morgan fingerprint density at radius 1 is 1.28 bits per heavy atom. The molecule has 0 fully saturated rings. The molecular formula is C14H16ClN3. The van der Waals surface area contributed by atoms with Crippen LogP contribution in [0.3, 0.4) is 0 Å². The fourth-order valence-electron chi connectivity index (χ4n) is 1.76. The van der Waals surface area contributed by atoms with E-state index in [1.807, 2.05) is 37.3 Å². The van der Waals surface area contributed by atoms with E-state index in [1.165, 1.54) is 0 Å². The number of hydrogen-bond donors (Lipinski definition) is 1. The van der Waals surface area contributed by atoms with Crippen molar-refractivity contribution in [1.82, 2.24) is 9.97 Å². The largest absolute Gasteiger partial charge is 0.328 e. The predicted molar refractivity (Wildman–Crippen MR) is 73.6 cm³/mol. The summed E-state index contributed by atoms with van der Waals surface area (Å²) in [6, 6.07) is 9.78. The van der Waals surface area contributed by atoms with Crippen LogP contribution >= 0.6 is 11.6 Å². The minimum atomic E-state index is 0.0700. The van der Waals surface area contributed by atoms with Gasteiger partial charge >= 0.3 is 0 Å². The van der Waals surface area contributed by atoms with Gasteiger partial charge < -0.3 is 5.73 Å². The smallest absolute Gasteiger partial charge is 0.130 e. The maximum Gasteiger partial charge on any atom is 0.130 e. The summed E-state index contributed by atoms with van der Waals surface area (Å²) < 4.78 is 0. The Hall–Kier alpha value is -1.45. The molecule has 94 valence electrons. The van der Waals surface area contributed by atoms with E-state index in [1.54, 1.807) is 6.20 Å². The zero-order valence-corrected chi connectivity index (χ0v) is 11.1. The molecule has 1 unspecified atom stereocenters. The molecular weight excluding hydrogens is 246 g/mol. The van der Waals surface area contributed by atoms with Crippen LogP contribution in [0.15, 0.2) is 36.5 Å². The zero-order chi connectivity index (χ0) is 13.0. The molecule has 3 nitrogen and oxygen atoms in total. The molecule has 0 bridgehead atoms. The Morgan fingerprint density at radius 3 is 2.78 bits per heavy atom. The van der Waals surface area contributed by atoms with E-state index in [-0.39, 0.29) is 6.04 Å². The van der Waals surface area contributed by atoms with E-state index >= 15 is 0 Å². The molecule has 2 N–H and O–H groups in total. The average molecular weight is 262 g/mol. The molecule has 1 atom stereocenters. The van der Waals surface area contributed by atoms with E-state index in [0.29, 0.717) is 12.8 Å². The topological polar surface area (TPSA) is 51.8 Å². The second-order valence-corrected chi connectivity index (χ2v) is 4.82. The summed E-state index contributed by atoms with van der Waals surface area (Å²) in [5, 5.41) is 0.768. The summed E-state index contributed by atoms with van der Waals surface area (Å²) in [6.45, 7) is 1.95. The highest BCUT2D eigenvalue weighted by Crippen LogP contribution is 2.17. The number of nitrogens with zero attached hydrogens (tertiary/aromatic N) is 2. The van der Waals surface area contributed by atoms with Crippen LogP contribution in [0.2, 0.25) is 5.02 Å². The lowest BCUT2D eigenvalue weighted by molar-refractivity contribution is 0.697. The number of aromatic nitrogens is 2. The van der Waals surface area contributed by atoms with Crippen LogP contribution in [0.1, 0.15) is 24.0 Å². The first-order valence-electron chi connectivity index (χ1n) is 5.95. The van der Waals surface area contributed by atoms with Crippen LogP contribution in [-0.4, -0.2) is 16.0 Å². The lowest BCUT2D eigenvalue weighted by Gasteiger charge is -2.07. The Kier molecular flexibility index (Phi) is 4.28. The summed E-state index contributed by atoms with van der Waals surface area (Å²) >= 11 is 6.13. The fraction of sp³-hybridized carbons (Fsp3) is 0.286. The van der Waals surface area contributed by atoms with Gasteiger partial charge in [-0.25, -0.2) is 9.97 Å². The average Bonchev–Trinajstić information content (AvgIpc) is 2.32. The van der Waals surface area contributed by atoms with Crippen molar-refractivity contribution in [2.75, 3.05) is 0 Å². The maximum atomic E-state index is 6.13. The van der Waals surface area contributed by atoms with Crippen LogP contribution < -0.4 is 5.73 Å². The number of halogens is 1. The summed E-state index contributed by atoms with van der Waals surface area (Å²) in [7, 11) is 0. The van der Waals surface area contributed by atoms with Crippen molar-refractivity contribution in [3.8, 4) is 0 Å². The summed E-state index contributed by atoms with van der Waals surface area (Å²) in [4.78, 5) is 8.72. The number of rotatable bonds is 4. The molecule has 2 aromatic rings. The van der Waals surface area contributed by atoms with E-state index in [0.717, 1.165) is 22.1 Å². The second kappa shape index (κ2) is 5.94. The molecule has 1 heterocycles. The number of hydrogen-bond acceptors (Lipinski definition) is 3. The van der Waals surface area contributed by atoms with Crippen molar-refractivity contribution in [3.05, 3.63) is 58.6 Å². The Labute approximate surface area is 112 Å². The molecule has 0 saturated carbocycles. The highest BCUT2D eigenvalue weighted by molar-refractivity contribution is 6.31. The van der Waals surface area contributed by atoms with Gasteiger partial charge in [0, 0.05) is 35.8 Å². The van der Waals surface area contributed by atoms with Gasteiger partial charge in [-0.1, -0.05) is 29.8 Å². The highest BCUT2D eigenvalue weighted by atomic mass is 35.5. The van der Waals surface area contributed by atoms with Crippen LogP contribution in [0.25, 0.3) is 0 Å². The quantitative estimate of drug-likeness (QED) is 0.921. The Balaban J connectivity index is 2.17. The zero-order valence-electron chi connectivity index (χ0n) is 10.3. The van der Waals surface area contributed by atoms with Gasteiger partial charge in [0.1, 0.15) is 5.82 Å². The molecule has 0 spiro atoms. The van der Waals surface area contributed by atoms with Crippen molar-refractivity contribution in [2.24, 2.45) is 5.73 Å². The SMILES string of the molecule is CC(N)Cc1nccc(Cc2ccccc2Cl)n1. The van der Waals surface area contributed by atoms with Gasteiger partial charge in [0.25, 0.3) is 0 Å². The lowest BCUT2D eigenvalue weighted by Crippen LogP contribution is -2.19. The predicted octanol–water partition coefficient (Wildman–Crippen LogP) is 2.61. The third-order valence-electron chi connectivity index (χ3n) is 2.60. The third-order valence-corrected chi connectivity index (χ3v) is 2.97. The van der Waals surface area contributed by atoms with Crippen molar-refractivity contribution < 1.29 is 0 Å². The van der Waals surface area contributed by atoms with Crippen LogP contribution in [-0.2, 0) is 12.8 Å². The third kappa shape index (κ3) is 3.52. The van der Waals surface area contributed by atoms with Crippen LogP contribution in [0.5, 0.6) is 0 Å². The molecule has 0 radical (unpaired) electrons. The molecule has 1 aromatic carbocycles. The van der Waals surface area contributed by atoms with Gasteiger partial charge in [-0.2, -0.15) is 0 Å². The van der Waals surface area contributed by atoms with Crippen LogP contribution in [0.4, 0.5) is 0 Å². The Bertz CT molecular complexity index is 526. The second-order valence-electron chi connectivity index (χ2n) is 4.41. The van der Waals surface area contributed by atoms with Crippen molar-refractivity contribution in [2.45, 2.75) is 25.8 Å². The number of nitrogens with two attached hydrogens (primary N) is 1. The first-order valence-corrected chi connectivity index (χ1v) is 6.32. The van der Waals surface area contributed by atoms with Gasteiger partial charge in [0.05, 0.1) is 0 Å². The first-order chi connectivity index (χ1) is 8.65. The minimum absolute atomic E-state index is 0.0700. The fourth-order valence-corrected chi connectivity index (χ4v) is 1.97. The lowest BCUT2D eigenvalue weighted by atomic mass is 10.1.